The maximum absolute atomic E-state index is 8.94. The molecular formula is C9H19O2. The lowest BCUT2D eigenvalue weighted by Crippen LogP contribution is -2.18. The Morgan fingerprint density at radius 3 is 2.45 bits per heavy atom. The average Bonchev–Trinajstić information content (AvgIpc) is 2.05. The molecule has 0 aliphatic rings. The van der Waals surface area contributed by atoms with E-state index in [0.29, 0.717) is 12.5 Å². The van der Waals surface area contributed by atoms with Crippen molar-refractivity contribution in [1.29, 1.82) is 0 Å². The van der Waals surface area contributed by atoms with E-state index in [-0.39, 0.29) is 6.61 Å². The van der Waals surface area contributed by atoms with Crippen molar-refractivity contribution < 1.29 is 9.84 Å². The molecule has 1 N–H and O–H groups in total. The quantitative estimate of drug-likeness (QED) is 0.638. The summed E-state index contributed by atoms with van der Waals surface area (Å²) < 4.78 is 5.21. The van der Waals surface area contributed by atoms with E-state index in [1.54, 1.807) is 0 Å². The topological polar surface area (TPSA) is 29.5 Å². The van der Waals surface area contributed by atoms with Gasteiger partial charge in [-0.25, -0.2) is 0 Å². The van der Waals surface area contributed by atoms with Gasteiger partial charge >= 0.3 is 0 Å². The molecule has 0 heterocycles. The van der Waals surface area contributed by atoms with Gasteiger partial charge in [0.25, 0.3) is 0 Å². The van der Waals surface area contributed by atoms with E-state index in [2.05, 4.69) is 13.8 Å². The van der Waals surface area contributed by atoms with Crippen LogP contribution in [-0.2, 0) is 4.74 Å². The van der Waals surface area contributed by atoms with Crippen LogP contribution in [0.2, 0.25) is 0 Å². The molecule has 0 aliphatic carbocycles. The molecule has 0 aliphatic heterocycles. The van der Waals surface area contributed by atoms with Crippen LogP contribution in [0.5, 0.6) is 0 Å². The number of rotatable bonds is 6. The number of hydrogen-bond donors (Lipinski definition) is 1. The Morgan fingerprint density at radius 1 is 1.45 bits per heavy atom. The van der Waals surface area contributed by atoms with Crippen molar-refractivity contribution >= 4 is 0 Å². The van der Waals surface area contributed by atoms with E-state index in [4.69, 9.17) is 9.84 Å². The highest BCUT2D eigenvalue weighted by molar-refractivity contribution is 4.93. The van der Waals surface area contributed by atoms with Crippen molar-refractivity contribution in [2.24, 2.45) is 5.92 Å². The predicted octanol–water partition coefficient (Wildman–Crippen LogP) is 1.64. The van der Waals surface area contributed by atoms with E-state index < -0.39 is 0 Å². The van der Waals surface area contributed by atoms with Crippen molar-refractivity contribution in [2.75, 3.05) is 19.8 Å². The van der Waals surface area contributed by atoms with Crippen LogP contribution in [0.3, 0.4) is 0 Å². The first kappa shape index (κ1) is 10.9. The molecule has 0 aromatic rings. The summed E-state index contributed by atoms with van der Waals surface area (Å²) in [6.45, 7) is 7.69. The Bertz CT molecular complexity index is 83.6. The summed E-state index contributed by atoms with van der Waals surface area (Å²) in [6, 6.07) is 0. The molecule has 1 unspecified atom stereocenters. The molecule has 0 amide bonds. The zero-order chi connectivity index (χ0) is 8.69. The third kappa shape index (κ3) is 4.38. The summed E-state index contributed by atoms with van der Waals surface area (Å²) in [4.78, 5) is 0. The van der Waals surface area contributed by atoms with Crippen LogP contribution in [-0.4, -0.2) is 24.9 Å². The summed E-state index contributed by atoms with van der Waals surface area (Å²) in [5.41, 5.74) is 0. The molecular weight excluding hydrogens is 140 g/mol. The molecule has 67 valence electrons. The van der Waals surface area contributed by atoms with E-state index in [9.17, 15) is 0 Å². The molecule has 0 saturated heterocycles. The van der Waals surface area contributed by atoms with Gasteiger partial charge in [0, 0.05) is 12.5 Å². The van der Waals surface area contributed by atoms with Gasteiger partial charge in [-0.05, 0) is 12.8 Å². The number of hydrogen-bond acceptors (Lipinski definition) is 2. The lowest BCUT2D eigenvalue weighted by Gasteiger charge is -2.19. The minimum Gasteiger partial charge on any atom is -0.396 e. The molecule has 0 spiro atoms. The monoisotopic (exact) mass is 159 g/mol. The fourth-order valence-corrected chi connectivity index (χ4v) is 0.866. The van der Waals surface area contributed by atoms with Crippen LogP contribution in [0, 0.1) is 11.8 Å². The average molecular weight is 159 g/mol. The molecule has 0 bridgehead atoms. The third-order valence-corrected chi connectivity index (χ3v) is 2.00. The first-order valence-electron chi connectivity index (χ1n) is 4.29. The van der Waals surface area contributed by atoms with E-state index in [1.807, 2.05) is 6.92 Å². The second-order valence-corrected chi connectivity index (χ2v) is 2.76. The van der Waals surface area contributed by atoms with Crippen LogP contribution >= 0.6 is 0 Å². The summed E-state index contributed by atoms with van der Waals surface area (Å²) in [7, 11) is 0. The molecule has 2 heteroatoms. The van der Waals surface area contributed by atoms with Gasteiger partial charge in [-0.3, -0.25) is 0 Å². The van der Waals surface area contributed by atoms with Gasteiger partial charge in [0.15, 0.2) is 0 Å². The Balaban J connectivity index is 3.56. The van der Waals surface area contributed by atoms with Gasteiger partial charge in [0.2, 0.25) is 0 Å². The summed E-state index contributed by atoms with van der Waals surface area (Å²) in [6.07, 6.45) is 1.07. The van der Waals surface area contributed by atoms with E-state index in [0.717, 1.165) is 18.9 Å². The SMILES string of the molecule is CCOC[C](CO)C(C)CC. The normalized spacial score (nSPS) is 13.9. The number of ether oxygens (including phenoxy) is 1. The molecule has 0 fully saturated rings. The third-order valence-electron chi connectivity index (χ3n) is 2.00. The van der Waals surface area contributed by atoms with Crippen molar-refractivity contribution in [3.63, 3.8) is 0 Å². The van der Waals surface area contributed by atoms with Crippen LogP contribution < -0.4 is 0 Å². The molecule has 2 nitrogen and oxygen atoms in total. The molecule has 0 saturated carbocycles. The lowest BCUT2D eigenvalue weighted by molar-refractivity contribution is 0.128. The van der Waals surface area contributed by atoms with Gasteiger partial charge in [-0.2, -0.15) is 0 Å². The van der Waals surface area contributed by atoms with Crippen molar-refractivity contribution in [3.05, 3.63) is 5.92 Å². The summed E-state index contributed by atoms with van der Waals surface area (Å²) >= 11 is 0. The van der Waals surface area contributed by atoms with Crippen LogP contribution in [0.25, 0.3) is 0 Å². The fraction of sp³-hybridized carbons (Fsp3) is 0.889. The highest BCUT2D eigenvalue weighted by Gasteiger charge is 2.14. The molecule has 0 rings (SSSR count). The predicted molar refractivity (Wildman–Crippen MR) is 46.3 cm³/mol. The first-order chi connectivity index (χ1) is 5.26. The Morgan fingerprint density at radius 2 is 2.09 bits per heavy atom. The molecule has 0 aromatic carbocycles. The van der Waals surface area contributed by atoms with Crippen LogP contribution in [0.1, 0.15) is 27.2 Å². The van der Waals surface area contributed by atoms with Crippen LogP contribution in [0.15, 0.2) is 0 Å². The highest BCUT2D eigenvalue weighted by Crippen LogP contribution is 2.16. The van der Waals surface area contributed by atoms with E-state index >= 15 is 0 Å². The molecule has 11 heavy (non-hydrogen) atoms. The fourth-order valence-electron chi connectivity index (χ4n) is 0.866. The minimum atomic E-state index is 0.162. The zero-order valence-electron chi connectivity index (χ0n) is 7.76. The second-order valence-electron chi connectivity index (χ2n) is 2.76. The second kappa shape index (κ2) is 6.62. The van der Waals surface area contributed by atoms with Gasteiger partial charge < -0.3 is 9.84 Å². The summed E-state index contributed by atoms with van der Waals surface area (Å²) in [5.74, 6) is 1.58. The van der Waals surface area contributed by atoms with Gasteiger partial charge in [-0.1, -0.05) is 20.3 Å². The van der Waals surface area contributed by atoms with Gasteiger partial charge in [0.05, 0.1) is 13.2 Å². The highest BCUT2D eigenvalue weighted by atomic mass is 16.5. The van der Waals surface area contributed by atoms with Crippen LogP contribution in [0.4, 0.5) is 0 Å². The maximum atomic E-state index is 8.94. The van der Waals surface area contributed by atoms with E-state index in [1.165, 1.54) is 0 Å². The molecule has 1 atom stereocenters. The van der Waals surface area contributed by atoms with Crippen molar-refractivity contribution in [1.82, 2.24) is 0 Å². The van der Waals surface area contributed by atoms with Crippen molar-refractivity contribution in [3.8, 4) is 0 Å². The molecule has 1 radical (unpaired) electrons. The zero-order valence-corrected chi connectivity index (χ0v) is 7.76. The number of aliphatic hydroxyl groups is 1. The standard InChI is InChI=1S/C9H19O2/c1-4-8(3)9(6-10)7-11-5-2/h8,10H,4-7H2,1-3H3. The van der Waals surface area contributed by atoms with Crippen molar-refractivity contribution in [2.45, 2.75) is 27.2 Å². The first-order valence-corrected chi connectivity index (χ1v) is 4.29. The Labute approximate surface area is 69.6 Å². The Hall–Kier alpha value is -0.0800. The summed E-state index contributed by atoms with van der Waals surface area (Å²) in [5, 5.41) is 8.94. The van der Waals surface area contributed by atoms with Gasteiger partial charge in [-0.15, -0.1) is 0 Å². The minimum absolute atomic E-state index is 0.162. The van der Waals surface area contributed by atoms with Gasteiger partial charge in [0.1, 0.15) is 0 Å². The number of aliphatic hydroxyl groups excluding tert-OH is 1. The molecule has 0 aromatic heterocycles. The largest absolute Gasteiger partial charge is 0.396 e. The Kier molecular flexibility index (Phi) is 6.57. The smallest absolute Gasteiger partial charge is 0.0554 e. The lowest BCUT2D eigenvalue weighted by atomic mass is 9.93. The maximum Gasteiger partial charge on any atom is 0.0554 e.